The molecule has 1 fully saturated rings. The Hall–Kier alpha value is -3.42. The molecular formula is C27H26F2N6OS. The van der Waals surface area contributed by atoms with E-state index >= 15 is 4.39 Å². The van der Waals surface area contributed by atoms with Crippen molar-refractivity contribution in [3.63, 3.8) is 0 Å². The lowest BCUT2D eigenvalue weighted by atomic mass is 9.85. The molecule has 37 heavy (non-hydrogen) atoms. The number of rotatable bonds is 4. The van der Waals surface area contributed by atoms with Gasteiger partial charge in [0.05, 0.1) is 35.4 Å². The SMILES string of the molecule is CCC(C)C1CN(c2ncc3c4c(c(-c5ncc(F)c6sc(N)c(C#N)c56)c(F)c3n2)COC4)CC1C. The van der Waals surface area contributed by atoms with E-state index < -0.39 is 11.6 Å². The molecule has 0 bridgehead atoms. The van der Waals surface area contributed by atoms with Crippen molar-refractivity contribution in [2.75, 3.05) is 23.7 Å². The van der Waals surface area contributed by atoms with Crippen molar-refractivity contribution in [2.45, 2.75) is 40.4 Å². The zero-order valence-electron chi connectivity index (χ0n) is 20.8. The number of anilines is 2. The van der Waals surface area contributed by atoms with Gasteiger partial charge in [-0.1, -0.05) is 27.2 Å². The maximum Gasteiger partial charge on any atom is 0.225 e. The topological polar surface area (TPSA) is 101 Å². The predicted octanol–water partition coefficient (Wildman–Crippen LogP) is 5.79. The van der Waals surface area contributed by atoms with Crippen molar-refractivity contribution in [1.82, 2.24) is 15.0 Å². The van der Waals surface area contributed by atoms with E-state index in [1.54, 1.807) is 6.20 Å². The normalized spacial score (nSPS) is 20.1. The number of pyridine rings is 1. The summed E-state index contributed by atoms with van der Waals surface area (Å²) in [6, 6.07) is 2.04. The van der Waals surface area contributed by atoms with Crippen molar-refractivity contribution >= 4 is 43.3 Å². The molecular weight excluding hydrogens is 494 g/mol. The van der Waals surface area contributed by atoms with Gasteiger partial charge in [0.1, 0.15) is 16.6 Å². The molecule has 0 radical (unpaired) electrons. The van der Waals surface area contributed by atoms with Crippen LogP contribution in [0.5, 0.6) is 0 Å². The minimum absolute atomic E-state index is 0.0969. The van der Waals surface area contributed by atoms with Crippen LogP contribution in [-0.4, -0.2) is 28.0 Å². The van der Waals surface area contributed by atoms with Gasteiger partial charge in [0.15, 0.2) is 11.6 Å². The molecule has 0 aliphatic carbocycles. The number of nitrogens with zero attached hydrogens (tertiary/aromatic N) is 5. The molecule has 0 amide bonds. The molecule has 7 nitrogen and oxygen atoms in total. The number of benzene rings is 1. The van der Waals surface area contributed by atoms with E-state index in [0.717, 1.165) is 42.6 Å². The van der Waals surface area contributed by atoms with E-state index in [-0.39, 0.29) is 50.6 Å². The number of aromatic nitrogens is 3. The second-order valence-corrected chi connectivity index (χ2v) is 11.2. The fourth-order valence-corrected chi connectivity index (χ4v) is 6.81. The van der Waals surface area contributed by atoms with Gasteiger partial charge in [-0.3, -0.25) is 4.98 Å². The average Bonchev–Trinajstić information content (AvgIpc) is 3.61. The zero-order valence-corrected chi connectivity index (χ0v) is 21.6. The smallest absolute Gasteiger partial charge is 0.225 e. The summed E-state index contributed by atoms with van der Waals surface area (Å²) in [5, 5.41) is 10.7. The Kier molecular flexibility index (Phi) is 5.73. The molecule has 4 aromatic rings. The molecule has 2 aliphatic rings. The van der Waals surface area contributed by atoms with E-state index in [9.17, 15) is 9.65 Å². The average molecular weight is 521 g/mol. The van der Waals surface area contributed by atoms with Gasteiger partial charge < -0.3 is 15.4 Å². The van der Waals surface area contributed by atoms with Crippen molar-refractivity contribution in [3.05, 3.63) is 40.7 Å². The second kappa shape index (κ2) is 8.85. The van der Waals surface area contributed by atoms with Crippen LogP contribution >= 0.6 is 11.3 Å². The first-order chi connectivity index (χ1) is 17.8. The van der Waals surface area contributed by atoms with Crippen LogP contribution in [0.15, 0.2) is 12.4 Å². The Morgan fingerprint density at radius 2 is 2.03 bits per heavy atom. The van der Waals surface area contributed by atoms with E-state index in [4.69, 9.17) is 15.5 Å². The maximum absolute atomic E-state index is 16.5. The molecule has 1 aromatic carbocycles. The van der Waals surface area contributed by atoms with Gasteiger partial charge in [-0.05, 0) is 28.9 Å². The van der Waals surface area contributed by atoms with Crippen molar-refractivity contribution in [3.8, 4) is 17.3 Å². The minimum atomic E-state index is -0.602. The number of halogens is 2. The van der Waals surface area contributed by atoms with Gasteiger partial charge in [0.2, 0.25) is 5.95 Å². The third-order valence-electron chi connectivity index (χ3n) is 8.06. The Morgan fingerprint density at radius 1 is 1.24 bits per heavy atom. The van der Waals surface area contributed by atoms with Gasteiger partial charge >= 0.3 is 0 Å². The number of fused-ring (bicyclic) bond motifs is 4. The fraction of sp³-hybridized carbons (Fsp3) is 0.407. The van der Waals surface area contributed by atoms with Crippen LogP contribution in [0.4, 0.5) is 19.7 Å². The maximum atomic E-state index is 16.5. The first-order valence-electron chi connectivity index (χ1n) is 12.4. The third kappa shape index (κ3) is 3.55. The Labute approximate surface area is 216 Å². The molecule has 2 aliphatic heterocycles. The molecule has 3 unspecified atom stereocenters. The predicted molar refractivity (Wildman–Crippen MR) is 140 cm³/mol. The quantitative estimate of drug-likeness (QED) is 0.364. The van der Waals surface area contributed by atoms with Crippen LogP contribution in [0.1, 0.15) is 43.9 Å². The summed E-state index contributed by atoms with van der Waals surface area (Å²) in [5.74, 6) is 0.876. The molecule has 1 saturated heterocycles. The van der Waals surface area contributed by atoms with Crippen LogP contribution < -0.4 is 10.6 Å². The Balaban J connectivity index is 1.57. The highest BCUT2D eigenvalue weighted by Gasteiger charge is 2.35. The van der Waals surface area contributed by atoms with Crippen LogP contribution in [0, 0.1) is 40.7 Å². The Bertz CT molecular complexity index is 1610. The first-order valence-corrected chi connectivity index (χ1v) is 13.2. The number of hydrogen-bond donors (Lipinski definition) is 1. The molecule has 0 saturated carbocycles. The lowest BCUT2D eigenvalue weighted by Crippen LogP contribution is -2.23. The fourth-order valence-electron chi connectivity index (χ4n) is 5.89. The summed E-state index contributed by atoms with van der Waals surface area (Å²) in [6.45, 7) is 8.79. The molecule has 3 atom stereocenters. The number of ether oxygens (including phenoxy) is 1. The van der Waals surface area contributed by atoms with Crippen LogP contribution in [0.3, 0.4) is 0 Å². The number of hydrogen-bond acceptors (Lipinski definition) is 8. The van der Waals surface area contributed by atoms with Crippen molar-refractivity contribution < 1.29 is 13.5 Å². The molecule has 0 spiro atoms. The number of nitrogens with two attached hydrogens (primary N) is 1. The molecule has 2 N–H and O–H groups in total. The highest BCUT2D eigenvalue weighted by Crippen LogP contribution is 2.45. The monoisotopic (exact) mass is 520 g/mol. The van der Waals surface area contributed by atoms with Crippen LogP contribution in [0.25, 0.3) is 32.2 Å². The van der Waals surface area contributed by atoms with Crippen LogP contribution in [0.2, 0.25) is 0 Å². The summed E-state index contributed by atoms with van der Waals surface area (Å²) < 4.78 is 37.0. The summed E-state index contributed by atoms with van der Waals surface area (Å²) in [5.41, 5.74) is 8.04. The standard InChI is InChI=1S/C27H26F2N6OS/c1-4-12(2)16-9-35(8-13(16)3)27-33-6-15-17-10-36-11-18(17)20(22(29)23(15)34-27)24-21-14(5-30)26(31)37-25(21)19(28)7-32-24/h6-7,12-13,16H,4,8-11,31H2,1-3H3. The van der Waals surface area contributed by atoms with Crippen molar-refractivity contribution in [1.29, 1.82) is 5.26 Å². The van der Waals surface area contributed by atoms with E-state index in [2.05, 4.69) is 35.6 Å². The summed E-state index contributed by atoms with van der Waals surface area (Å²) >= 11 is 0.959. The lowest BCUT2D eigenvalue weighted by molar-refractivity contribution is 0.135. The Morgan fingerprint density at radius 3 is 2.78 bits per heavy atom. The van der Waals surface area contributed by atoms with Gasteiger partial charge in [-0.25, -0.2) is 18.7 Å². The highest BCUT2D eigenvalue weighted by atomic mass is 32.1. The summed E-state index contributed by atoms with van der Waals surface area (Å²) in [7, 11) is 0. The van der Waals surface area contributed by atoms with E-state index in [0.29, 0.717) is 34.7 Å². The third-order valence-corrected chi connectivity index (χ3v) is 9.09. The van der Waals surface area contributed by atoms with Gasteiger partial charge in [0.25, 0.3) is 0 Å². The molecule has 190 valence electrons. The van der Waals surface area contributed by atoms with E-state index in [1.165, 1.54) is 0 Å². The number of nitriles is 1. The van der Waals surface area contributed by atoms with Gasteiger partial charge in [0, 0.05) is 35.6 Å². The first kappa shape index (κ1) is 23.9. The molecule has 10 heteroatoms. The van der Waals surface area contributed by atoms with Gasteiger partial charge in [-0.2, -0.15) is 5.26 Å². The molecule has 3 aromatic heterocycles. The molecule has 5 heterocycles. The lowest BCUT2D eigenvalue weighted by Gasteiger charge is -2.21. The zero-order chi connectivity index (χ0) is 26.0. The molecule has 6 rings (SSSR count). The summed E-state index contributed by atoms with van der Waals surface area (Å²) in [4.78, 5) is 15.7. The summed E-state index contributed by atoms with van der Waals surface area (Å²) in [6.07, 6.45) is 3.82. The van der Waals surface area contributed by atoms with Crippen LogP contribution in [-0.2, 0) is 18.0 Å². The second-order valence-electron chi connectivity index (χ2n) is 10.1. The highest BCUT2D eigenvalue weighted by molar-refractivity contribution is 7.23. The number of nitrogen functional groups attached to an aromatic ring is 1. The largest absolute Gasteiger partial charge is 0.389 e. The van der Waals surface area contributed by atoms with Crippen molar-refractivity contribution in [2.24, 2.45) is 17.8 Å². The minimum Gasteiger partial charge on any atom is -0.389 e. The van der Waals surface area contributed by atoms with Gasteiger partial charge in [-0.15, -0.1) is 11.3 Å². The number of thiophene rings is 1. The van der Waals surface area contributed by atoms with E-state index in [1.807, 2.05) is 6.07 Å².